The first-order valence-corrected chi connectivity index (χ1v) is 8.03. The van der Waals surface area contributed by atoms with E-state index >= 15 is 0 Å². The predicted octanol–water partition coefficient (Wildman–Crippen LogP) is 1.21. The maximum atomic E-state index is 12.2. The highest BCUT2D eigenvalue weighted by Gasteiger charge is 2.23. The van der Waals surface area contributed by atoms with Gasteiger partial charge in [0.15, 0.2) is 0 Å². The van der Waals surface area contributed by atoms with E-state index in [0.717, 1.165) is 39.0 Å². The molecule has 2 rings (SSSR count). The van der Waals surface area contributed by atoms with Gasteiger partial charge in [-0.3, -0.25) is 9.69 Å². The molecule has 6 nitrogen and oxygen atoms in total. The summed E-state index contributed by atoms with van der Waals surface area (Å²) in [6.07, 6.45) is 6.41. The lowest BCUT2D eigenvalue weighted by Gasteiger charge is -2.35. The highest BCUT2D eigenvalue weighted by atomic mass is 16.5. The third-order valence-corrected chi connectivity index (χ3v) is 4.45. The topological polar surface area (TPSA) is 61.9 Å². The molecular weight excluding hydrogens is 270 g/mol. The van der Waals surface area contributed by atoms with E-state index in [0.29, 0.717) is 19.0 Å². The highest BCUT2D eigenvalue weighted by Crippen LogP contribution is 2.17. The fourth-order valence-corrected chi connectivity index (χ4v) is 3.04. The van der Waals surface area contributed by atoms with Gasteiger partial charge in [-0.15, -0.1) is 0 Å². The first-order valence-electron chi connectivity index (χ1n) is 8.03. The fraction of sp³-hybridized carbons (Fsp3) is 0.867. The van der Waals surface area contributed by atoms with Crippen molar-refractivity contribution < 1.29 is 14.3 Å². The minimum absolute atomic E-state index is 0.0783. The number of hydrogen-bond donors (Lipinski definition) is 1. The maximum Gasteiger partial charge on any atom is 0.317 e. The van der Waals surface area contributed by atoms with Crippen LogP contribution in [0.5, 0.6) is 0 Å². The Balaban J connectivity index is 1.65. The summed E-state index contributed by atoms with van der Waals surface area (Å²) in [6, 6.07) is 0.443. The Labute approximate surface area is 126 Å². The van der Waals surface area contributed by atoms with Crippen molar-refractivity contribution in [1.82, 2.24) is 15.1 Å². The number of esters is 1. The Morgan fingerprint density at radius 1 is 1.10 bits per heavy atom. The van der Waals surface area contributed by atoms with Crippen molar-refractivity contribution in [3.05, 3.63) is 0 Å². The number of ether oxygens (including phenoxy) is 1. The van der Waals surface area contributed by atoms with Gasteiger partial charge in [0.05, 0.1) is 13.5 Å². The van der Waals surface area contributed by atoms with Crippen molar-refractivity contribution in [1.29, 1.82) is 0 Å². The van der Waals surface area contributed by atoms with Crippen LogP contribution in [0.15, 0.2) is 0 Å². The molecule has 1 saturated carbocycles. The van der Waals surface area contributed by atoms with Gasteiger partial charge in [0, 0.05) is 38.8 Å². The van der Waals surface area contributed by atoms with Crippen LogP contribution in [0.3, 0.4) is 0 Å². The van der Waals surface area contributed by atoms with Gasteiger partial charge in [-0.1, -0.05) is 19.3 Å². The second kappa shape index (κ2) is 8.22. The summed E-state index contributed by atoms with van der Waals surface area (Å²) in [4.78, 5) is 27.4. The van der Waals surface area contributed by atoms with E-state index in [4.69, 9.17) is 0 Å². The van der Waals surface area contributed by atoms with E-state index < -0.39 is 0 Å². The van der Waals surface area contributed by atoms with E-state index in [-0.39, 0.29) is 12.0 Å². The standard InChI is InChI=1S/C15H27N3O3/c1-21-14(19)7-8-17-9-11-18(12-10-17)15(20)16-13-5-3-2-4-6-13/h13H,2-12H2,1H3,(H,16,20). The van der Waals surface area contributed by atoms with Gasteiger partial charge in [0.2, 0.25) is 0 Å². The molecule has 1 saturated heterocycles. The number of urea groups is 1. The van der Waals surface area contributed by atoms with Crippen LogP contribution in [0.1, 0.15) is 38.5 Å². The molecule has 120 valence electrons. The second-order valence-corrected chi connectivity index (χ2v) is 5.94. The van der Waals surface area contributed by atoms with Crippen LogP contribution < -0.4 is 5.32 Å². The number of amides is 2. The largest absolute Gasteiger partial charge is 0.469 e. The maximum absolute atomic E-state index is 12.2. The number of nitrogens with one attached hydrogen (secondary N) is 1. The van der Waals surface area contributed by atoms with Crippen molar-refractivity contribution >= 4 is 12.0 Å². The Morgan fingerprint density at radius 2 is 1.76 bits per heavy atom. The summed E-state index contributed by atoms with van der Waals surface area (Å²) in [5.74, 6) is -0.174. The quantitative estimate of drug-likeness (QED) is 0.792. The molecule has 2 amide bonds. The molecule has 1 aliphatic heterocycles. The van der Waals surface area contributed by atoms with Crippen molar-refractivity contribution in [3.8, 4) is 0 Å². The Bertz CT molecular complexity index is 348. The average Bonchev–Trinajstić information content (AvgIpc) is 2.54. The first-order chi connectivity index (χ1) is 10.2. The summed E-state index contributed by atoms with van der Waals surface area (Å²) >= 11 is 0. The van der Waals surface area contributed by atoms with Gasteiger partial charge in [-0.25, -0.2) is 4.79 Å². The summed E-state index contributed by atoms with van der Waals surface area (Å²) in [5.41, 5.74) is 0. The summed E-state index contributed by atoms with van der Waals surface area (Å²) in [7, 11) is 1.41. The molecule has 0 bridgehead atoms. The van der Waals surface area contributed by atoms with E-state index in [1.54, 1.807) is 0 Å². The average molecular weight is 297 g/mol. The van der Waals surface area contributed by atoms with Crippen molar-refractivity contribution in [2.24, 2.45) is 0 Å². The van der Waals surface area contributed by atoms with Gasteiger partial charge >= 0.3 is 12.0 Å². The molecule has 1 N–H and O–H groups in total. The zero-order chi connectivity index (χ0) is 15.1. The molecule has 1 aliphatic carbocycles. The van der Waals surface area contributed by atoms with E-state index in [9.17, 15) is 9.59 Å². The van der Waals surface area contributed by atoms with Crippen LogP contribution in [0.2, 0.25) is 0 Å². The Morgan fingerprint density at radius 3 is 2.38 bits per heavy atom. The van der Waals surface area contributed by atoms with E-state index in [2.05, 4.69) is 15.0 Å². The molecular formula is C15H27N3O3. The van der Waals surface area contributed by atoms with Gasteiger partial charge < -0.3 is 15.0 Å². The van der Waals surface area contributed by atoms with Gasteiger partial charge in [-0.05, 0) is 12.8 Å². The summed E-state index contributed by atoms with van der Waals surface area (Å²) < 4.78 is 4.65. The third kappa shape index (κ3) is 5.19. The van der Waals surface area contributed by atoms with Crippen LogP contribution in [0.25, 0.3) is 0 Å². The molecule has 0 aromatic carbocycles. The molecule has 0 spiro atoms. The van der Waals surface area contributed by atoms with Crippen LogP contribution in [0, 0.1) is 0 Å². The van der Waals surface area contributed by atoms with Crippen molar-refractivity contribution in [3.63, 3.8) is 0 Å². The SMILES string of the molecule is COC(=O)CCN1CCN(C(=O)NC2CCCCC2)CC1. The normalized spacial score (nSPS) is 21.1. The molecule has 2 aliphatic rings. The highest BCUT2D eigenvalue weighted by molar-refractivity contribution is 5.74. The zero-order valence-corrected chi connectivity index (χ0v) is 13.0. The molecule has 21 heavy (non-hydrogen) atoms. The van der Waals surface area contributed by atoms with E-state index in [1.807, 2.05) is 4.90 Å². The molecule has 6 heteroatoms. The smallest absolute Gasteiger partial charge is 0.317 e. The molecule has 0 atom stereocenters. The Kier molecular flexibility index (Phi) is 6.29. The molecule has 0 aromatic heterocycles. The molecule has 2 fully saturated rings. The molecule has 0 radical (unpaired) electrons. The van der Waals surface area contributed by atoms with Gasteiger partial charge in [0.25, 0.3) is 0 Å². The number of carbonyl (C=O) groups is 2. The second-order valence-electron chi connectivity index (χ2n) is 5.94. The Hall–Kier alpha value is -1.30. The van der Waals surface area contributed by atoms with Gasteiger partial charge in [0.1, 0.15) is 0 Å². The fourth-order valence-electron chi connectivity index (χ4n) is 3.04. The summed E-state index contributed by atoms with van der Waals surface area (Å²) in [6.45, 7) is 3.84. The van der Waals surface area contributed by atoms with Crippen molar-refractivity contribution in [2.75, 3.05) is 39.8 Å². The number of piperazine rings is 1. The van der Waals surface area contributed by atoms with Crippen LogP contribution >= 0.6 is 0 Å². The molecule has 0 unspecified atom stereocenters. The number of nitrogens with zero attached hydrogens (tertiary/aromatic N) is 2. The van der Waals surface area contributed by atoms with Crippen LogP contribution in [-0.2, 0) is 9.53 Å². The number of rotatable bonds is 4. The monoisotopic (exact) mass is 297 g/mol. The van der Waals surface area contributed by atoms with Gasteiger partial charge in [-0.2, -0.15) is 0 Å². The van der Waals surface area contributed by atoms with E-state index in [1.165, 1.54) is 26.4 Å². The minimum atomic E-state index is -0.174. The lowest BCUT2D eigenvalue weighted by atomic mass is 9.96. The lowest BCUT2D eigenvalue weighted by molar-refractivity contribution is -0.141. The first kappa shape index (κ1) is 16.1. The molecule has 0 aromatic rings. The number of methoxy groups -OCH3 is 1. The third-order valence-electron chi connectivity index (χ3n) is 4.45. The number of hydrogen-bond acceptors (Lipinski definition) is 4. The molecule has 1 heterocycles. The summed E-state index contributed by atoms with van der Waals surface area (Å²) in [5, 5.41) is 3.16. The van der Waals surface area contributed by atoms with Crippen LogP contribution in [-0.4, -0.2) is 67.7 Å². The minimum Gasteiger partial charge on any atom is -0.469 e. The number of carbonyl (C=O) groups excluding carboxylic acids is 2. The van der Waals surface area contributed by atoms with Crippen LogP contribution in [0.4, 0.5) is 4.79 Å². The van der Waals surface area contributed by atoms with Crippen molar-refractivity contribution in [2.45, 2.75) is 44.6 Å². The zero-order valence-electron chi connectivity index (χ0n) is 13.0. The lowest BCUT2D eigenvalue weighted by Crippen LogP contribution is -2.53. The predicted molar refractivity (Wildman–Crippen MR) is 80.1 cm³/mol.